The molecule has 2 N–H and O–H groups in total. The van der Waals surface area contributed by atoms with Gasteiger partial charge in [0.05, 0.1) is 23.4 Å². The first-order valence-electron chi connectivity index (χ1n) is 13.3. The lowest BCUT2D eigenvalue weighted by atomic mass is 9.91. The Morgan fingerprint density at radius 2 is 1.77 bits per heavy atom. The molecule has 0 radical (unpaired) electrons. The van der Waals surface area contributed by atoms with Crippen LogP contribution >= 0.6 is 11.3 Å². The van der Waals surface area contributed by atoms with E-state index in [4.69, 9.17) is 9.72 Å². The average molecular weight is 563 g/mol. The first-order chi connectivity index (χ1) is 18.9. The van der Waals surface area contributed by atoms with Gasteiger partial charge in [-0.1, -0.05) is 69.4 Å². The zero-order valence-corrected chi connectivity index (χ0v) is 25.1. The Balaban J connectivity index is 1.84. The van der Waals surface area contributed by atoms with Gasteiger partial charge in [0.1, 0.15) is 18.7 Å². The number of hydrogen-bond acceptors (Lipinski definition) is 10. The van der Waals surface area contributed by atoms with E-state index in [0.717, 1.165) is 15.6 Å². The molecule has 0 aliphatic carbocycles. The predicted molar refractivity (Wildman–Crippen MR) is 158 cm³/mol. The summed E-state index contributed by atoms with van der Waals surface area (Å²) in [4.78, 5) is 24.7. The van der Waals surface area contributed by atoms with Crippen LogP contribution in [0, 0.1) is 28.1 Å². The highest BCUT2D eigenvalue weighted by atomic mass is 32.1. The van der Waals surface area contributed by atoms with Crippen LogP contribution in [0.15, 0.2) is 30.3 Å². The fourth-order valence-corrected chi connectivity index (χ4v) is 4.96. The molecule has 1 aromatic carbocycles. The van der Waals surface area contributed by atoms with Gasteiger partial charge in [0.2, 0.25) is 5.95 Å². The van der Waals surface area contributed by atoms with Gasteiger partial charge in [0, 0.05) is 12.0 Å². The molecule has 212 valence electrons. The highest BCUT2D eigenvalue weighted by molar-refractivity contribution is 7.16. The van der Waals surface area contributed by atoms with Crippen molar-refractivity contribution in [2.75, 3.05) is 35.4 Å². The zero-order valence-electron chi connectivity index (χ0n) is 24.3. The second-order valence-corrected chi connectivity index (χ2v) is 12.0. The molecule has 0 spiro atoms. The van der Waals surface area contributed by atoms with E-state index in [1.807, 2.05) is 64.1 Å². The van der Waals surface area contributed by atoms with Gasteiger partial charge >= 0.3 is 5.97 Å². The summed E-state index contributed by atoms with van der Waals surface area (Å²) >= 11 is 1.57. The molecule has 0 fully saturated rings. The van der Waals surface area contributed by atoms with Gasteiger partial charge in [-0.25, -0.2) is 4.98 Å². The second-order valence-electron chi connectivity index (χ2n) is 11.1. The number of benzene rings is 1. The number of hydrazine groups is 1. The van der Waals surface area contributed by atoms with Crippen molar-refractivity contribution in [3.63, 3.8) is 0 Å². The van der Waals surface area contributed by atoms with Crippen molar-refractivity contribution in [3.05, 3.63) is 52.2 Å². The van der Waals surface area contributed by atoms with Crippen LogP contribution in [0.25, 0.3) is 0 Å². The molecular weight excluding hydrogens is 524 g/mol. The molecule has 3 aromatic rings. The number of nitrogens with one attached hydrogen (secondary N) is 2. The van der Waals surface area contributed by atoms with Crippen molar-refractivity contribution in [1.82, 2.24) is 14.5 Å². The van der Waals surface area contributed by atoms with E-state index < -0.39 is 5.41 Å². The third kappa shape index (κ3) is 7.10. The fourth-order valence-electron chi connectivity index (χ4n) is 3.79. The molecule has 10 nitrogen and oxygen atoms in total. The lowest BCUT2D eigenvalue weighted by Gasteiger charge is -2.23. The summed E-state index contributed by atoms with van der Waals surface area (Å²) in [6.45, 7) is 16.0. The number of anilines is 3. The van der Waals surface area contributed by atoms with Crippen molar-refractivity contribution in [2.24, 2.45) is 5.41 Å². The van der Waals surface area contributed by atoms with E-state index in [0.29, 0.717) is 37.8 Å². The molecule has 0 amide bonds. The van der Waals surface area contributed by atoms with Gasteiger partial charge in [-0.15, -0.1) is 0 Å². The maximum Gasteiger partial charge on any atom is 0.311 e. The van der Waals surface area contributed by atoms with Crippen molar-refractivity contribution in [2.45, 2.75) is 66.8 Å². The van der Waals surface area contributed by atoms with Crippen molar-refractivity contribution < 1.29 is 9.53 Å². The maximum absolute atomic E-state index is 12.4. The molecule has 0 unspecified atom stereocenters. The summed E-state index contributed by atoms with van der Waals surface area (Å²) in [5.74, 6) is 0.761. The second kappa shape index (κ2) is 12.8. The minimum absolute atomic E-state index is 0.0516. The molecule has 0 saturated heterocycles. The largest absolute Gasteiger partial charge is 0.463 e. The minimum atomic E-state index is -0.510. The maximum atomic E-state index is 12.4. The number of ether oxygens (including phenoxy) is 1. The van der Waals surface area contributed by atoms with Gasteiger partial charge in [-0.2, -0.15) is 15.5 Å². The van der Waals surface area contributed by atoms with Crippen LogP contribution in [0.3, 0.4) is 0 Å². The molecule has 0 saturated carbocycles. The molecule has 0 bridgehead atoms. The monoisotopic (exact) mass is 562 g/mol. The Morgan fingerprint density at radius 3 is 2.35 bits per heavy atom. The van der Waals surface area contributed by atoms with Crippen molar-refractivity contribution >= 4 is 34.2 Å². The number of hydrogen-bond donors (Lipinski definition) is 2. The van der Waals surface area contributed by atoms with Gasteiger partial charge < -0.3 is 9.64 Å². The van der Waals surface area contributed by atoms with E-state index in [-0.39, 0.29) is 29.4 Å². The van der Waals surface area contributed by atoms with Crippen LogP contribution in [-0.4, -0.2) is 40.2 Å². The molecule has 2 aromatic heterocycles. The van der Waals surface area contributed by atoms with E-state index in [9.17, 15) is 15.3 Å². The molecule has 0 aliphatic heterocycles. The number of carbonyl (C=O) groups excluding carboxylic acids is 1. The van der Waals surface area contributed by atoms with E-state index in [1.165, 1.54) is 0 Å². The third-order valence-corrected chi connectivity index (χ3v) is 8.18. The smallest absolute Gasteiger partial charge is 0.311 e. The number of imidazole rings is 1. The van der Waals surface area contributed by atoms with Crippen LogP contribution in [-0.2, 0) is 21.5 Å². The Kier molecular flexibility index (Phi) is 9.78. The zero-order chi connectivity index (χ0) is 29.5. The highest BCUT2D eigenvalue weighted by Gasteiger charge is 2.28. The number of likely N-dealkylation sites (N-methyl/N-ethyl adjacent to an activating group) is 1. The number of nitrogens with zero attached hydrogens (tertiary/aromatic N) is 6. The normalized spacial score (nSPS) is 11.4. The van der Waals surface area contributed by atoms with E-state index >= 15 is 0 Å². The molecule has 0 atom stereocenters. The number of aromatic nitrogens is 3. The third-order valence-electron chi connectivity index (χ3n) is 6.64. The lowest BCUT2D eigenvalue weighted by Crippen LogP contribution is -2.31. The summed E-state index contributed by atoms with van der Waals surface area (Å²) in [5, 5.41) is 20.1. The predicted octanol–water partition coefficient (Wildman–Crippen LogP) is 5.67. The number of thiazole rings is 1. The first-order valence-corrected chi connectivity index (χ1v) is 14.2. The van der Waals surface area contributed by atoms with Crippen LogP contribution in [0.1, 0.15) is 76.7 Å². The van der Waals surface area contributed by atoms with Crippen LogP contribution in [0.5, 0.6) is 0 Å². The Morgan fingerprint density at radius 1 is 1.07 bits per heavy atom. The van der Waals surface area contributed by atoms with E-state index in [1.54, 1.807) is 15.9 Å². The van der Waals surface area contributed by atoms with Gasteiger partial charge in [0.25, 0.3) is 0 Å². The van der Waals surface area contributed by atoms with Crippen molar-refractivity contribution in [1.29, 1.82) is 10.5 Å². The quantitative estimate of drug-likeness (QED) is 0.211. The number of carbonyl (C=O) groups is 1. The first kappa shape index (κ1) is 30.5. The van der Waals surface area contributed by atoms with Gasteiger partial charge in [-0.05, 0) is 32.8 Å². The standard InChI is InChI=1S/C29H38N8O2S/c1-8-29(6,7)25(38)39-16-15-36(9-2)27-33-24(23(40-27)28(3,4)5)34-35-26-32-21(17-30)22(18-31)37(26)19-20-13-11-10-12-14-20/h10-14,34H,8-9,15-16,19H2,1-7H3,(H,32,35). The van der Waals surface area contributed by atoms with Crippen LogP contribution < -0.4 is 15.8 Å². The molecule has 2 heterocycles. The summed E-state index contributed by atoms with van der Waals surface area (Å²) in [6, 6.07) is 13.8. The Bertz CT molecular complexity index is 1390. The van der Waals surface area contributed by atoms with Gasteiger partial charge in [-0.3, -0.25) is 20.2 Å². The summed E-state index contributed by atoms with van der Waals surface area (Å²) in [6.07, 6.45) is 0.710. The molecule has 0 aliphatic rings. The van der Waals surface area contributed by atoms with Crippen molar-refractivity contribution in [3.8, 4) is 12.1 Å². The fraction of sp³-hybridized carbons (Fsp3) is 0.483. The van der Waals surface area contributed by atoms with Crippen LogP contribution in [0.4, 0.5) is 16.9 Å². The van der Waals surface area contributed by atoms with Crippen LogP contribution in [0.2, 0.25) is 0 Å². The molecular formula is C29H38N8O2S. The summed E-state index contributed by atoms with van der Waals surface area (Å²) in [5.41, 5.74) is 6.76. The van der Waals surface area contributed by atoms with Gasteiger partial charge in [0.15, 0.2) is 22.3 Å². The number of esters is 1. The number of rotatable bonds is 12. The minimum Gasteiger partial charge on any atom is -0.463 e. The Hall–Kier alpha value is -4.09. The number of nitriles is 2. The Labute approximate surface area is 240 Å². The SMILES string of the molecule is CCN(CCOC(=O)C(C)(C)CC)c1nc(NNc2nc(C#N)c(C#N)n2Cc2ccccc2)c(C(C)(C)C)s1. The molecule has 11 heteroatoms. The topological polar surface area (TPSA) is 132 Å². The summed E-state index contributed by atoms with van der Waals surface area (Å²) in [7, 11) is 0. The summed E-state index contributed by atoms with van der Waals surface area (Å²) < 4.78 is 7.24. The lowest BCUT2D eigenvalue weighted by molar-refractivity contribution is -0.153. The molecule has 3 rings (SSSR count). The average Bonchev–Trinajstić information content (AvgIpc) is 3.51. The van der Waals surface area contributed by atoms with E-state index in [2.05, 4.69) is 47.6 Å². The molecule has 40 heavy (non-hydrogen) atoms. The highest BCUT2D eigenvalue weighted by Crippen LogP contribution is 2.38.